The average Bonchev–Trinajstić information content (AvgIpc) is 2.92. The summed E-state index contributed by atoms with van der Waals surface area (Å²) in [6.45, 7) is 0. The fourth-order valence-electron chi connectivity index (χ4n) is 5.08. The molecular weight excluding hydrogens is 198 g/mol. The fraction of sp³-hybridized carbons (Fsp3) is 0.929. The predicted molar refractivity (Wildman–Crippen MR) is 61.8 cm³/mol. The Morgan fingerprint density at radius 1 is 1.00 bits per heavy atom. The van der Waals surface area contributed by atoms with E-state index in [9.17, 15) is 4.79 Å². The molecule has 2 bridgehead atoms. The van der Waals surface area contributed by atoms with Crippen molar-refractivity contribution in [1.29, 1.82) is 0 Å². The molecule has 4 unspecified atom stereocenters. The van der Waals surface area contributed by atoms with Gasteiger partial charge in [-0.25, -0.2) is 0 Å². The van der Waals surface area contributed by atoms with Gasteiger partial charge in [0.1, 0.15) is 0 Å². The van der Waals surface area contributed by atoms with Gasteiger partial charge in [0.15, 0.2) is 0 Å². The van der Waals surface area contributed by atoms with E-state index in [2.05, 4.69) is 4.90 Å². The highest BCUT2D eigenvalue weighted by Gasteiger charge is 2.59. The van der Waals surface area contributed by atoms with Crippen molar-refractivity contribution < 1.29 is 4.79 Å². The van der Waals surface area contributed by atoms with Crippen LogP contribution in [0.1, 0.15) is 51.4 Å². The van der Waals surface area contributed by atoms with Crippen LogP contribution in [0.4, 0.5) is 0 Å². The van der Waals surface area contributed by atoms with Crippen LogP contribution in [-0.2, 0) is 4.79 Å². The minimum atomic E-state index is 0.450. The van der Waals surface area contributed by atoms with Crippen molar-refractivity contribution >= 4 is 5.91 Å². The largest absolute Gasteiger partial charge is 0.336 e. The summed E-state index contributed by atoms with van der Waals surface area (Å²) < 4.78 is 0. The monoisotopic (exact) mass is 219 g/mol. The molecule has 16 heavy (non-hydrogen) atoms. The third-order valence-electron chi connectivity index (χ3n) is 5.68. The van der Waals surface area contributed by atoms with Crippen LogP contribution in [0.3, 0.4) is 0 Å². The maximum atomic E-state index is 12.4. The van der Waals surface area contributed by atoms with Gasteiger partial charge in [-0.1, -0.05) is 19.3 Å². The molecule has 0 radical (unpaired) electrons. The Balaban J connectivity index is 1.61. The first-order valence-electron chi connectivity index (χ1n) is 7.17. The van der Waals surface area contributed by atoms with Crippen molar-refractivity contribution in [2.45, 2.75) is 63.5 Å². The molecule has 0 spiro atoms. The van der Waals surface area contributed by atoms with E-state index in [1.54, 1.807) is 0 Å². The van der Waals surface area contributed by atoms with Gasteiger partial charge in [-0.15, -0.1) is 0 Å². The molecule has 0 aromatic rings. The van der Waals surface area contributed by atoms with Gasteiger partial charge >= 0.3 is 0 Å². The number of likely N-dealkylation sites (tertiary alicyclic amines) is 1. The fourth-order valence-corrected chi connectivity index (χ4v) is 5.08. The summed E-state index contributed by atoms with van der Waals surface area (Å²) in [4.78, 5) is 14.8. The summed E-state index contributed by atoms with van der Waals surface area (Å²) in [6.07, 6.45) is 10.6. The zero-order chi connectivity index (χ0) is 10.7. The third kappa shape index (κ3) is 1.11. The van der Waals surface area contributed by atoms with Crippen molar-refractivity contribution in [3.63, 3.8) is 0 Å². The summed E-state index contributed by atoms with van der Waals surface area (Å²) >= 11 is 0. The first kappa shape index (κ1) is 9.49. The first-order valence-corrected chi connectivity index (χ1v) is 7.17. The normalized spacial score (nSPS) is 47.0. The molecule has 4 aliphatic rings. The second kappa shape index (κ2) is 3.24. The molecule has 0 N–H and O–H groups in total. The number of fused-ring (bicyclic) bond motifs is 1. The molecule has 1 saturated heterocycles. The van der Waals surface area contributed by atoms with Crippen molar-refractivity contribution in [3.8, 4) is 0 Å². The molecule has 4 fully saturated rings. The van der Waals surface area contributed by atoms with Crippen LogP contribution >= 0.6 is 0 Å². The highest BCUT2D eigenvalue weighted by molar-refractivity contribution is 5.83. The van der Waals surface area contributed by atoms with E-state index in [4.69, 9.17) is 0 Å². The predicted octanol–water partition coefficient (Wildman–Crippen LogP) is 2.58. The summed E-state index contributed by atoms with van der Waals surface area (Å²) in [7, 11) is 0. The Morgan fingerprint density at radius 2 is 1.81 bits per heavy atom. The molecule has 4 atom stereocenters. The van der Waals surface area contributed by atoms with Crippen molar-refractivity contribution in [2.24, 2.45) is 17.8 Å². The number of hydrogen-bond acceptors (Lipinski definition) is 1. The van der Waals surface area contributed by atoms with Gasteiger partial charge in [-0.3, -0.25) is 4.79 Å². The SMILES string of the molecule is O=C1C2CC3CC2C(C3)N1C1CCCCC1. The highest BCUT2D eigenvalue weighted by Crippen LogP contribution is 2.56. The van der Waals surface area contributed by atoms with Crippen LogP contribution in [-0.4, -0.2) is 22.9 Å². The zero-order valence-electron chi connectivity index (χ0n) is 9.90. The van der Waals surface area contributed by atoms with Gasteiger partial charge in [-0.05, 0) is 43.9 Å². The molecule has 3 aliphatic carbocycles. The summed E-state index contributed by atoms with van der Waals surface area (Å²) in [5, 5.41) is 0. The van der Waals surface area contributed by atoms with Crippen molar-refractivity contribution in [1.82, 2.24) is 4.90 Å². The van der Waals surface area contributed by atoms with E-state index in [1.165, 1.54) is 51.4 Å². The molecule has 2 nitrogen and oxygen atoms in total. The molecule has 0 aromatic heterocycles. The summed E-state index contributed by atoms with van der Waals surface area (Å²) in [6, 6.07) is 1.29. The number of carbonyl (C=O) groups is 1. The van der Waals surface area contributed by atoms with E-state index < -0.39 is 0 Å². The number of amides is 1. The Morgan fingerprint density at radius 3 is 2.50 bits per heavy atom. The minimum absolute atomic E-state index is 0.450. The van der Waals surface area contributed by atoms with Gasteiger partial charge in [0, 0.05) is 18.0 Å². The van der Waals surface area contributed by atoms with Gasteiger partial charge in [0.05, 0.1) is 0 Å². The molecule has 3 saturated carbocycles. The van der Waals surface area contributed by atoms with E-state index >= 15 is 0 Å². The highest BCUT2D eigenvalue weighted by atomic mass is 16.2. The van der Waals surface area contributed by atoms with Crippen LogP contribution in [0, 0.1) is 17.8 Å². The maximum Gasteiger partial charge on any atom is 0.226 e. The molecule has 1 heterocycles. The minimum Gasteiger partial charge on any atom is -0.336 e. The lowest BCUT2D eigenvalue weighted by atomic mass is 9.89. The Labute approximate surface area is 97.4 Å². The van der Waals surface area contributed by atoms with Crippen molar-refractivity contribution in [2.75, 3.05) is 0 Å². The van der Waals surface area contributed by atoms with Crippen LogP contribution in [0.2, 0.25) is 0 Å². The first-order chi connectivity index (χ1) is 7.84. The second-order valence-corrected chi connectivity index (χ2v) is 6.45. The number of carbonyl (C=O) groups excluding carboxylic acids is 1. The number of hydrogen-bond donors (Lipinski definition) is 0. The molecule has 2 heteroatoms. The van der Waals surface area contributed by atoms with E-state index in [1.807, 2.05) is 0 Å². The van der Waals surface area contributed by atoms with Crippen LogP contribution < -0.4 is 0 Å². The van der Waals surface area contributed by atoms with Gasteiger partial charge in [0.25, 0.3) is 0 Å². The Bertz CT molecular complexity index is 321. The number of rotatable bonds is 1. The smallest absolute Gasteiger partial charge is 0.226 e. The van der Waals surface area contributed by atoms with E-state index in [-0.39, 0.29) is 0 Å². The topological polar surface area (TPSA) is 20.3 Å². The Kier molecular flexibility index (Phi) is 1.92. The molecule has 1 amide bonds. The van der Waals surface area contributed by atoms with Crippen molar-refractivity contribution in [3.05, 3.63) is 0 Å². The second-order valence-electron chi connectivity index (χ2n) is 6.45. The molecule has 4 rings (SSSR count). The summed E-state index contributed by atoms with van der Waals surface area (Å²) in [5.74, 6) is 2.66. The van der Waals surface area contributed by atoms with Gasteiger partial charge < -0.3 is 4.90 Å². The lowest BCUT2D eigenvalue weighted by Gasteiger charge is -2.35. The summed E-state index contributed by atoms with van der Waals surface area (Å²) in [5.41, 5.74) is 0. The maximum absolute atomic E-state index is 12.4. The standard InChI is InChI=1S/C14H21NO/c16-14-12-7-9-6-11(12)13(8-9)15(14)10-4-2-1-3-5-10/h9-13H,1-8H2. The number of nitrogens with zero attached hydrogens (tertiary/aromatic N) is 1. The van der Waals surface area contributed by atoms with E-state index in [0.717, 1.165) is 11.8 Å². The quantitative estimate of drug-likeness (QED) is 0.664. The van der Waals surface area contributed by atoms with Gasteiger partial charge in [-0.2, -0.15) is 0 Å². The molecule has 88 valence electrons. The van der Waals surface area contributed by atoms with Crippen LogP contribution in [0.15, 0.2) is 0 Å². The molecule has 0 aromatic carbocycles. The molecule has 1 aliphatic heterocycles. The van der Waals surface area contributed by atoms with E-state index in [0.29, 0.717) is 23.9 Å². The average molecular weight is 219 g/mol. The van der Waals surface area contributed by atoms with Crippen LogP contribution in [0.25, 0.3) is 0 Å². The van der Waals surface area contributed by atoms with Gasteiger partial charge in [0.2, 0.25) is 5.91 Å². The zero-order valence-corrected chi connectivity index (χ0v) is 9.90. The third-order valence-corrected chi connectivity index (χ3v) is 5.68. The molecular formula is C14H21NO. The Hall–Kier alpha value is -0.530. The lowest BCUT2D eigenvalue weighted by Crippen LogP contribution is -2.43. The van der Waals surface area contributed by atoms with Crippen LogP contribution in [0.5, 0.6) is 0 Å². The lowest BCUT2D eigenvalue weighted by molar-refractivity contribution is -0.134.